The number of pyridine rings is 2. The van der Waals surface area contributed by atoms with E-state index in [1.165, 1.54) is 35.6 Å². The van der Waals surface area contributed by atoms with Crippen molar-refractivity contribution >= 4 is 29.2 Å². The van der Waals surface area contributed by atoms with E-state index >= 15 is 0 Å². The Balaban J connectivity index is 1.17. The normalized spacial score (nSPS) is 19.3. The molecule has 2 fully saturated rings. The van der Waals surface area contributed by atoms with Crippen molar-refractivity contribution in [3.63, 3.8) is 0 Å². The van der Waals surface area contributed by atoms with E-state index in [1.54, 1.807) is 18.3 Å². The molecular formula is C23H23F3N8O. The molecule has 0 unspecified atom stereocenters. The molecule has 3 aromatic heterocycles. The van der Waals surface area contributed by atoms with Crippen molar-refractivity contribution in [1.82, 2.24) is 19.9 Å². The Morgan fingerprint density at radius 2 is 1.63 bits per heavy atom. The predicted octanol–water partition coefficient (Wildman–Crippen LogP) is 2.83. The Labute approximate surface area is 199 Å². The predicted molar refractivity (Wildman–Crippen MR) is 125 cm³/mol. The van der Waals surface area contributed by atoms with Crippen molar-refractivity contribution in [3.05, 3.63) is 60.4 Å². The number of hydrogen-bond acceptors (Lipinski definition) is 8. The molecule has 0 aliphatic carbocycles. The fourth-order valence-electron chi connectivity index (χ4n) is 4.17. The van der Waals surface area contributed by atoms with E-state index in [-0.39, 0.29) is 36.3 Å². The standard InChI is InChI=1S/C23H23F3N8O/c1-15-12-32(19-5-3-17(24)9-29-19)6-7-34(15)21-11-27-18(10-30-21)31-22(35)16-2-4-20(28-8-16)33-13-23(25,26)14-33/h2-5,8-11,15H,6-7,12-14H2,1H3,(H,27,31,35)/t15-/m0/s1. The number of halogens is 3. The summed E-state index contributed by atoms with van der Waals surface area (Å²) in [4.78, 5) is 35.2. The molecule has 0 aromatic carbocycles. The first-order valence-corrected chi connectivity index (χ1v) is 11.1. The zero-order valence-electron chi connectivity index (χ0n) is 18.9. The first kappa shape index (κ1) is 22.8. The maximum atomic E-state index is 13.1. The molecule has 2 saturated heterocycles. The summed E-state index contributed by atoms with van der Waals surface area (Å²) in [5.41, 5.74) is 0.283. The fourth-order valence-corrected chi connectivity index (χ4v) is 4.17. The van der Waals surface area contributed by atoms with Crippen molar-refractivity contribution in [3.8, 4) is 0 Å². The second kappa shape index (κ2) is 9.01. The van der Waals surface area contributed by atoms with Crippen LogP contribution in [0.3, 0.4) is 0 Å². The molecule has 0 spiro atoms. The van der Waals surface area contributed by atoms with Crippen LogP contribution in [0.5, 0.6) is 0 Å². The molecule has 35 heavy (non-hydrogen) atoms. The maximum absolute atomic E-state index is 13.1. The van der Waals surface area contributed by atoms with Gasteiger partial charge in [0.25, 0.3) is 11.8 Å². The molecule has 182 valence electrons. The zero-order chi connectivity index (χ0) is 24.6. The number of hydrogen-bond donors (Lipinski definition) is 1. The van der Waals surface area contributed by atoms with Gasteiger partial charge in [-0.05, 0) is 31.2 Å². The summed E-state index contributed by atoms with van der Waals surface area (Å²) < 4.78 is 39.2. The van der Waals surface area contributed by atoms with Gasteiger partial charge < -0.3 is 20.0 Å². The van der Waals surface area contributed by atoms with Crippen LogP contribution in [0.15, 0.2) is 49.1 Å². The van der Waals surface area contributed by atoms with Gasteiger partial charge in [0.1, 0.15) is 23.3 Å². The molecule has 9 nitrogen and oxygen atoms in total. The van der Waals surface area contributed by atoms with Crippen molar-refractivity contribution < 1.29 is 18.0 Å². The minimum Gasteiger partial charge on any atom is -0.353 e. The number of piperazine rings is 1. The van der Waals surface area contributed by atoms with Gasteiger partial charge in [-0.2, -0.15) is 0 Å². The van der Waals surface area contributed by atoms with E-state index in [9.17, 15) is 18.0 Å². The number of aromatic nitrogens is 4. The van der Waals surface area contributed by atoms with Crippen molar-refractivity contribution in [1.29, 1.82) is 0 Å². The largest absolute Gasteiger partial charge is 0.353 e. The average Bonchev–Trinajstić information content (AvgIpc) is 2.83. The minimum atomic E-state index is -2.69. The molecule has 12 heteroatoms. The molecule has 5 heterocycles. The van der Waals surface area contributed by atoms with Gasteiger partial charge in [0, 0.05) is 31.9 Å². The van der Waals surface area contributed by atoms with E-state index in [2.05, 4.69) is 42.0 Å². The van der Waals surface area contributed by atoms with E-state index in [1.807, 2.05) is 0 Å². The third-order valence-electron chi connectivity index (χ3n) is 6.02. The fraction of sp³-hybridized carbons (Fsp3) is 0.348. The number of carbonyl (C=O) groups is 1. The summed E-state index contributed by atoms with van der Waals surface area (Å²) in [5.74, 6) is -1.38. The number of nitrogens with one attached hydrogen (secondary N) is 1. The summed E-state index contributed by atoms with van der Waals surface area (Å²) >= 11 is 0. The van der Waals surface area contributed by atoms with Crippen molar-refractivity contribution in [2.75, 3.05) is 52.7 Å². The third kappa shape index (κ3) is 4.96. The van der Waals surface area contributed by atoms with Gasteiger partial charge in [0.2, 0.25) is 0 Å². The van der Waals surface area contributed by atoms with E-state index in [4.69, 9.17) is 0 Å². The van der Waals surface area contributed by atoms with E-state index < -0.39 is 11.8 Å². The molecule has 1 amide bonds. The van der Waals surface area contributed by atoms with Crippen LogP contribution in [0.4, 0.5) is 36.4 Å². The smallest absolute Gasteiger partial charge is 0.282 e. The van der Waals surface area contributed by atoms with Crippen LogP contribution in [0.2, 0.25) is 0 Å². The van der Waals surface area contributed by atoms with Crippen LogP contribution in [0.25, 0.3) is 0 Å². The molecule has 0 bridgehead atoms. The van der Waals surface area contributed by atoms with Crippen LogP contribution < -0.4 is 20.0 Å². The number of carbonyl (C=O) groups excluding carboxylic acids is 1. The topological polar surface area (TPSA) is 90.4 Å². The quantitative estimate of drug-likeness (QED) is 0.592. The summed E-state index contributed by atoms with van der Waals surface area (Å²) in [5, 5.41) is 2.67. The highest BCUT2D eigenvalue weighted by Crippen LogP contribution is 2.30. The van der Waals surface area contributed by atoms with E-state index in [0.29, 0.717) is 31.3 Å². The summed E-state index contributed by atoms with van der Waals surface area (Å²) in [6, 6.07) is 6.26. The Bertz CT molecular complexity index is 1180. The number of anilines is 4. The minimum absolute atomic E-state index is 0.112. The van der Waals surface area contributed by atoms with Gasteiger partial charge in [0.15, 0.2) is 5.82 Å². The molecular weight excluding hydrogens is 461 g/mol. The average molecular weight is 484 g/mol. The van der Waals surface area contributed by atoms with Crippen LogP contribution in [0.1, 0.15) is 17.3 Å². The van der Waals surface area contributed by atoms with E-state index in [0.717, 1.165) is 5.82 Å². The number of alkyl halides is 2. The highest BCUT2D eigenvalue weighted by molar-refractivity contribution is 6.03. The van der Waals surface area contributed by atoms with Crippen molar-refractivity contribution in [2.24, 2.45) is 0 Å². The number of amides is 1. The van der Waals surface area contributed by atoms with Crippen LogP contribution >= 0.6 is 0 Å². The lowest BCUT2D eigenvalue weighted by Crippen LogP contribution is -2.56. The van der Waals surface area contributed by atoms with Gasteiger partial charge in [-0.3, -0.25) is 4.79 Å². The van der Waals surface area contributed by atoms with Gasteiger partial charge in [-0.25, -0.2) is 33.1 Å². The summed E-state index contributed by atoms with van der Waals surface area (Å²) in [6.07, 6.45) is 5.64. The molecule has 0 saturated carbocycles. The highest BCUT2D eigenvalue weighted by Gasteiger charge is 2.44. The van der Waals surface area contributed by atoms with Crippen LogP contribution in [0, 0.1) is 5.82 Å². The lowest BCUT2D eigenvalue weighted by molar-refractivity contribution is -0.0267. The van der Waals surface area contributed by atoms with Gasteiger partial charge >= 0.3 is 0 Å². The second-order valence-corrected chi connectivity index (χ2v) is 8.65. The molecule has 2 aliphatic heterocycles. The van der Waals surface area contributed by atoms with Crippen LogP contribution in [-0.4, -0.2) is 70.5 Å². The molecule has 5 rings (SSSR count). The second-order valence-electron chi connectivity index (χ2n) is 8.65. The number of nitrogens with zero attached hydrogens (tertiary/aromatic N) is 7. The first-order chi connectivity index (χ1) is 16.8. The number of rotatable bonds is 5. The summed E-state index contributed by atoms with van der Waals surface area (Å²) in [6.45, 7) is 3.39. The Morgan fingerprint density at radius 1 is 0.914 bits per heavy atom. The Kier molecular flexibility index (Phi) is 5.87. The molecule has 2 aliphatic rings. The first-order valence-electron chi connectivity index (χ1n) is 11.1. The highest BCUT2D eigenvalue weighted by atomic mass is 19.3. The molecule has 0 radical (unpaired) electrons. The summed E-state index contributed by atoms with van der Waals surface area (Å²) in [7, 11) is 0. The van der Waals surface area contributed by atoms with Crippen molar-refractivity contribution in [2.45, 2.75) is 18.9 Å². The zero-order valence-corrected chi connectivity index (χ0v) is 18.9. The Morgan fingerprint density at radius 3 is 2.23 bits per heavy atom. The lowest BCUT2D eigenvalue weighted by Gasteiger charge is -2.40. The maximum Gasteiger partial charge on any atom is 0.282 e. The van der Waals surface area contributed by atoms with Gasteiger partial charge in [-0.15, -0.1) is 0 Å². The lowest BCUT2D eigenvalue weighted by atomic mass is 10.1. The molecule has 1 atom stereocenters. The van der Waals surface area contributed by atoms with Crippen LogP contribution in [-0.2, 0) is 0 Å². The van der Waals surface area contributed by atoms with Gasteiger partial charge in [0.05, 0.1) is 37.2 Å². The third-order valence-corrected chi connectivity index (χ3v) is 6.02. The Hall–Kier alpha value is -3.96. The SMILES string of the molecule is C[C@H]1CN(c2ccc(F)cn2)CCN1c1cnc(NC(=O)c2ccc(N3CC(F)(F)C3)nc2)cn1. The molecule has 3 aromatic rings. The monoisotopic (exact) mass is 484 g/mol. The van der Waals surface area contributed by atoms with Gasteiger partial charge in [-0.1, -0.05) is 0 Å². The molecule has 1 N–H and O–H groups in total.